The van der Waals surface area contributed by atoms with Crippen molar-refractivity contribution in [2.45, 2.75) is 25.0 Å². The Kier molecular flexibility index (Phi) is 5.64. The molecule has 5 nitrogen and oxygen atoms in total. The first-order valence-electron chi connectivity index (χ1n) is 11.1. The number of ether oxygens (including phenoxy) is 2. The van der Waals surface area contributed by atoms with Gasteiger partial charge in [0.05, 0.1) is 13.7 Å². The standard InChI is InChI=1S/C27H27FN2O3/c1-30(2)14-4-13-27(20-6-8-21(28)9-7-20)23-11-5-18(15-19(23)17-32-27)26-29-24-16-22(31-3)10-12-25(24)33-26/h5-12,15-16H,4,13-14,17H2,1-3H3. The van der Waals surface area contributed by atoms with Gasteiger partial charge >= 0.3 is 0 Å². The Morgan fingerprint density at radius 3 is 2.64 bits per heavy atom. The molecule has 1 unspecified atom stereocenters. The van der Waals surface area contributed by atoms with E-state index in [1.54, 1.807) is 7.11 Å². The van der Waals surface area contributed by atoms with Gasteiger partial charge in [-0.05, 0) is 86.6 Å². The number of methoxy groups -OCH3 is 1. The van der Waals surface area contributed by atoms with Crippen molar-refractivity contribution in [1.82, 2.24) is 9.88 Å². The Morgan fingerprint density at radius 1 is 1.06 bits per heavy atom. The normalized spacial score (nSPS) is 17.6. The van der Waals surface area contributed by atoms with Crippen LogP contribution in [0, 0.1) is 5.82 Å². The summed E-state index contributed by atoms with van der Waals surface area (Å²) in [7, 11) is 5.76. The van der Waals surface area contributed by atoms with Crippen molar-refractivity contribution in [2.24, 2.45) is 0 Å². The molecule has 3 aromatic carbocycles. The first-order valence-corrected chi connectivity index (χ1v) is 11.1. The van der Waals surface area contributed by atoms with E-state index in [0.717, 1.165) is 52.9 Å². The third kappa shape index (κ3) is 4.01. The van der Waals surface area contributed by atoms with Gasteiger partial charge in [-0.25, -0.2) is 9.37 Å². The number of hydrogen-bond donors (Lipinski definition) is 0. The fourth-order valence-corrected chi connectivity index (χ4v) is 4.63. The van der Waals surface area contributed by atoms with Gasteiger partial charge in [0.1, 0.15) is 22.7 Å². The van der Waals surface area contributed by atoms with Crippen LogP contribution in [0.15, 0.2) is 65.1 Å². The average Bonchev–Trinajstić information content (AvgIpc) is 3.41. The molecule has 5 rings (SSSR count). The van der Waals surface area contributed by atoms with Gasteiger partial charge in [0.2, 0.25) is 5.89 Å². The van der Waals surface area contributed by atoms with E-state index in [1.165, 1.54) is 12.1 Å². The summed E-state index contributed by atoms with van der Waals surface area (Å²) in [5, 5.41) is 0. The van der Waals surface area contributed by atoms with Crippen LogP contribution in [0.5, 0.6) is 5.75 Å². The highest BCUT2D eigenvalue weighted by molar-refractivity contribution is 5.78. The monoisotopic (exact) mass is 446 g/mol. The number of hydrogen-bond acceptors (Lipinski definition) is 5. The van der Waals surface area contributed by atoms with Crippen LogP contribution >= 0.6 is 0 Å². The summed E-state index contributed by atoms with van der Waals surface area (Å²) in [5.74, 6) is 1.06. The molecule has 1 aliphatic rings. The summed E-state index contributed by atoms with van der Waals surface area (Å²) in [6.45, 7) is 1.43. The zero-order valence-electron chi connectivity index (χ0n) is 19.1. The van der Waals surface area contributed by atoms with Crippen LogP contribution in [0.4, 0.5) is 4.39 Å². The SMILES string of the molecule is COc1ccc2oc(-c3ccc4c(c3)COC4(CCCN(C)C)c3ccc(F)cc3)nc2c1. The molecule has 0 bridgehead atoms. The lowest BCUT2D eigenvalue weighted by atomic mass is 9.81. The van der Waals surface area contributed by atoms with Crippen LogP contribution < -0.4 is 4.74 Å². The van der Waals surface area contributed by atoms with Gasteiger partial charge in [-0.15, -0.1) is 0 Å². The maximum atomic E-state index is 13.7. The Morgan fingerprint density at radius 2 is 1.88 bits per heavy atom. The van der Waals surface area contributed by atoms with E-state index >= 15 is 0 Å². The highest BCUT2D eigenvalue weighted by Crippen LogP contribution is 2.46. The topological polar surface area (TPSA) is 47.7 Å². The molecule has 1 aromatic heterocycles. The van der Waals surface area contributed by atoms with Crippen LogP contribution in [0.2, 0.25) is 0 Å². The molecule has 0 spiro atoms. The number of fused-ring (bicyclic) bond motifs is 2. The molecular weight excluding hydrogens is 419 g/mol. The van der Waals surface area contributed by atoms with Crippen LogP contribution in [0.25, 0.3) is 22.6 Å². The maximum absolute atomic E-state index is 13.7. The molecule has 170 valence electrons. The second kappa shape index (κ2) is 8.61. The van der Waals surface area contributed by atoms with E-state index in [4.69, 9.17) is 13.9 Å². The molecule has 0 radical (unpaired) electrons. The largest absolute Gasteiger partial charge is 0.497 e. The molecule has 0 aliphatic carbocycles. The number of benzene rings is 3. The van der Waals surface area contributed by atoms with E-state index < -0.39 is 5.60 Å². The second-order valence-corrected chi connectivity index (χ2v) is 8.75. The minimum atomic E-state index is -0.591. The van der Waals surface area contributed by atoms with Gasteiger partial charge in [0, 0.05) is 11.6 Å². The molecule has 6 heteroatoms. The molecule has 0 fully saturated rings. The molecule has 0 saturated heterocycles. The van der Waals surface area contributed by atoms with Crippen LogP contribution in [0.1, 0.15) is 29.5 Å². The molecule has 4 aromatic rings. The van der Waals surface area contributed by atoms with Crippen molar-refractivity contribution < 1.29 is 18.3 Å². The van der Waals surface area contributed by atoms with Gasteiger partial charge in [0.25, 0.3) is 0 Å². The van der Waals surface area contributed by atoms with E-state index in [0.29, 0.717) is 18.1 Å². The van der Waals surface area contributed by atoms with Crippen molar-refractivity contribution in [3.8, 4) is 17.2 Å². The van der Waals surface area contributed by atoms with Crippen molar-refractivity contribution >= 4 is 11.1 Å². The molecule has 0 N–H and O–H groups in total. The lowest BCUT2D eigenvalue weighted by molar-refractivity contribution is -0.0140. The zero-order valence-corrected chi connectivity index (χ0v) is 19.1. The lowest BCUT2D eigenvalue weighted by Crippen LogP contribution is -2.28. The Bertz CT molecular complexity index is 1280. The van der Waals surface area contributed by atoms with Crippen molar-refractivity contribution in [3.63, 3.8) is 0 Å². The minimum Gasteiger partial charge on any atom is -0.497 e. The van der Waals surface area contributed by atoms with Crippen molar-refractivity contribution in [3.05, 3.63) is 83.2 Å². The molecule has 33 heavy (non-hydrogen) atoms. The summed E-state index contributed by atoms with van der Waals surface area (Å²) in [5.41, 5.74) is 4.97. The fourth-order valence-electron chi connectivity index (χ4n) is 4.63. The maximum Gasteiger partial charge on any atom is 0.227 e. The summed E-state index contributed by atoms with van der Waals surface area (Å²) in [6, 6.07) is 18.5. The molecule has 1 aliphatic heterocycles. The molecule has 2 heterocycles. The van der Waals surface area contributed by atoms with Crippen LogP contribution in [0.3, 0.4) is 0 Å². The number of nitrogens with zero attached hydrogens (tertiary/aromatic N) is 2. The fraction of sp³-hybridized carbons (Fsp3) is 0.296. The van der Waals surface area contributed by atoms with E-state index in [-0.39, 0.29) is 5.82 Å². The van der Waals surface area contributed by atoms with E-state index in [9.17, 15) is 4.39 Å². The van der Waals surface area contributed by atoms with Gasteiger partial charge in [-0.1, -0.05) is 18.2 Å². The summed E-state index contributed by atoms with van der Waals surface area (Å²) in [6.07, 6.45) is 1.77. The second-order valence-electron chi connectivity index (χ2n) is 8.75. The molecule has 1 atom stereocenters. The van der Waals surface area contributed by atoms with Crippen LogP contribution in [-0.2, 0) is 16.9 Å². The third-order valence-corrected chi connectivity index (χ3v) is 6.30. The molecule has 0 amide bonds. The first kappa shape index (κ1) is 21.6. The van der Waals surface area contributed by atoms with E-state index in [2.05, 4.69) is 36.1 Å². The Labute approximate surface area is 192 Å². The predicted octanol–water partition coefficient (Wildman–Crippen LogP) is 5.76. The Hall–Kier alpha value is -3.22. The predicted molar refractivity (Wildman–Crippen MR) is 126 cm³/mol. The lowest BCUT2D eigenvalue weighted by Gasteiger charge is -2.31. The summed E-state index contributed by atoms with van der Waals surface area (Å²) in [4.78, 5) is 6.82. The number of aromatic nitrogens is 1. The van der Waals surface area contributed by atoms with Crippen molar-refractivity contribution in [1.29, 1.82) is 0 Å². The minimum absolute atomic E-state index is 0.247. The Balaban J connectivity index is 1.52. The summed E-state index contributed by atoms with van der Waals surface area (Å²) < 4.78 is 31.4. The van der Waals surface area contributed by atoms with Gasteiger partial charge in [-0.3, -0.25) is 0 Å². The number of oxazole rings is 1. The van der Waals surface area contributed by atoms with Crippen LogP contribution in [-0.4, -0.2) is 37.6 Å². The van der Waals surface area contributed by atoms with Gasteiger partial charge < -0.3 is 18.8 Å². The number of halogens is 1. The zero-order chi connectivity index (χ0) is 23.0. The number of rotatable bonds is 7. The highest BCUT2D eigenvalue weighted by Gasteiger charge is 2.41. The van der Waals surface area contributed by atoms with Crippen molar-refractivity contribution in [2.75, 3.05) is 27.7 Å². The smallest absolute Gasteiger partial charge is 0.227 e. The third-order valence-electron chi connectivity index (χ3n) is 6.30. The van der Waals surface area contributed by atoms with E-state index in [1.807, 2.05) is 36.4 Å². The summed E-state index contributed by atoms with van der Waals surface area (Å²) >= 11 is 0. The quantitative estimate of drug-likeness (QED) is 0.361. The molecular formula is C27H27FN2O3. The van der Waals surface area contributed by atoms with Gasteiger partial charge in [0.15, 0.2) is 5.58 Å². The highest BCUT2D eigenvalue weighted by atomic mass is 19.1. The first-order chi connectivity index (χ1) is 16.0. The molecule has 0 saturated carbocycles. The average molecular weight is 447 g/mol. The van der Waals surface area contributed by atoms with Gasteiger partial charge in [-0.2, -0.15) is 0 Å².